The molecule has 0 spiro atoms. The summed E-state index contributed by atoms with van der Waals surface area (Å²) in [6.45, 7) is 8.17. The van der Waals surface area contributed by atoms with Gasteiger partial charge in [0.15, 0.2) is 5.96 Å². The highest BCUT2D eigenvalue weighted by Gasteiger charge is 2.16. The predicted octanol–water partition coefficient (Wildman–Crippen LogP) is 3.03. The lowest BCUT2D eigenvalue weighted by Crippen LogP contribution is -2.46. The number of pyridine rings is 1. The van der Waals surface area contributed by atoms with Crippen molar-refractivity contribution >= 4 is 17.5 Å². The molecule has 0 saturated carbocycles. The Balaban J connectivity index is 1.34. The van der Waals surface area contributed by atoms with Gasteiger partial charge in [-0.3, -0.25) is 0 Å². The highest BCUT2D eigenvalue weighted by atomic mass is 15.3. The number of rotatable bonds is 5. The van der Waals surface area contributed by atoms with Crippen molar-refractivity contribution in [1.82, 2.24) is 9.88 Å². The van der Waals surface area contributed by atoms with E-state index < -0.39 is 0 Å². The smallest absolute Gasteiger partial charge is 0.193 e. The summed E-state index contributed by atoms with van der Waals surface area (Å²) in [6.07, 6.45) is 6.71. The van der Waals surface area contributed by atoms with Gasteiger partial charge >= 0.3 is 0 Å². The molecule has 2 aromatic rings. The molecule has 0 bridgehead atoms. The average molecular weight is 393 g/mol. The Labute approximate surface area is 173 Å². The van der Waals surface area contributed by atoms with Gasteiger partial charge in [0.2, 0.25) is 0 Å². The molecule has 29 heavy (non-hydrogen) atoms. The van der Waals surface area contributed by atoms with Gasteiger partial charge in [-0.2, -0.15) is 0 Å². The molecule has 1 aliphatic carbocycles. The van der Waals surface area contributed by atoms with Crippen molar-refractivity contribution in [3.8, 4) is 0 Å². The first-order valence-electron chi connectivity index (χ1n) is 10.8. The number of fused-ring (bicyclic) bond motifs is 1. The van der Waals surface area contributed by atoms with Crippen LogP contribution < -0.4 is 16.0 Å². The van der Waals surface area contributed by atoms with Crippen LogP contribution in [0.25, 0.3) is 0 Å². The summed E-state index contributed by atoms with van der Waals surface area (Å²) in [5, 5.41) is 3.31. The number of piperazine rings is 1. The molecule has 0 unspecified atom stereocenters. The zero-order valence-corrected chi connectivity index (χ0v) is 17.4. The first kappa shape index (κ1) is 19.7. The van der Waals surface area contributed by atoms with Crippen LogP contribution in [-0.4, -0.2) is 48.6 Å². The summed E-state index contributed by atoms with van der Waals surface area (Å²) in [7, 11) is 0. The van der Waals surface area contributed by atoms with Crippen LogP contribution in [0, 0.1) is 0 Å². The summed E-state index contributed by atoms with van der Waals surface area (Å²) in [4.78, 5) is 14.0. The van der Waals surface area contributed by atoms with Crippen LogP contribution in [0.15, 0.2) is 41.5 Å². The Morgan fingerprint density at radius 1 is 1.10 bits per heavy atom. The highest BCUT2D eigenvalue weighted by molar-refractivity contribution is 5.93. The SMILES string of the molecule is CCN1CCN(c2ccc(CN=C(N)Nc3cccc4c3CCCC4)cn2)CC1. The second kappa shape index (κ2) is 9.27. The van der Waals surface area contributed by atoms with Crippen molar-refractivity contribution in [3.05, 3.63) is 53.2 Å². The molecule has 1 aliphatic heterocycles. The molecule has 3 N–H and O–H groups in total. The van der Waals surface area contributed by atoms with Crippen LogP contribution in [0.1, 0.15) is 36.5 Å². The first-order chi connectivity index (χ1) is 14.2. The van der Waals surface area contributed by atoms with Crippen LogP contribution in [0.2, 0.25) is 0 Å². The second-order valence-electron chi connectivity index (χ2n) is 7.92. The Bertz CT molecular complexity index is 837. The fourth-order valence-electron chi connectivity index (χ4n) is 4.24. The van der Waals surface area contributed by atoms with Crippen LogP contribution in [-0.2, 0) is 19.4 Å². The number of nitrogens with zero attached hydrogens (tertiary/aromatic N) is 4. The second-order valence-corrected chi connectivity index (χ2v) is 7.92. The molecule has 0 radical (unpaired) electrons. The molecule has 1 fully saturated rings. The largest absolute Gasteiger partial charge is 0.370 e. The molecule has 4 rings (SSSR count). The van der Waals surface area contributed by atoms with E-state index in [1.165, 1.54) is 24.0 Å². The minimum Gasteiger partial charge on any atom is -0.370 e. The monoisotopic (exact) mass is 392 g/mol. The Morgan fingerprint density at radius 3 is 2.69 bits per heavy atom. The van der Waals surface area contributed by atoms with Gasteiger partial charge in [-0.05, 0) is 61.1 Å². The Hall–Kier alpha value is -2.60. The first-order valence-corrected chi connectivity index (χ1v) is 10.8. The predicted molar refractivity (Wildman–Crippen MR) is 121 cm³/mol. The van der Waals surface area contributed by atoms with Crippen molar-refractivity contribution in [2.45, 2.75) is 39.2 Å². The van der Waals surface area contributed by atoms with E-state index in [4.69, 9.17) is 5.73 Å². The molecule has 6 nitrogen and oxygen atoms in total. The molecular formula is C23H32N6. The van der Waals surface area contributed by atoms with Gasteiger partial charge in [-0.25, -0.2) is 9.98 Å². The van der Waals surface area contributed by atoms with E-state index in [-0.39, 0.29) is 0 Å². The maximum absolute atomic E-state index is 6.17. The van der Waals surface area contributed by atoms with E-state index in [0.717, 1.165) is 62.6 Å². The van der Waals surface area contributed by atoms with Gasteiger partial charge < -0.3 is 20.9 Å². The number of likely N-dealkylation sites (N-methyl/N-ethyl adjacent to an activating group) is 1. The summed E-state index contributed by atoms with van der Waals surface area (Å²) >= 11 is 0. The van der Waals surface area contributed by atoms with Crippen molar-refractivity contribution in [2.24, 2.45) is 10.7 Å². The van der Waals surface area contributed by atoms with E-state index in [0.29, 0.717) is 12.5 Å². The molecule has 0 amide bonds. The fraction of sp³-hybridized carbons (Fsp3) is 0.478. The Morgan fingerprint density at radius 2 is 1.93 bits per heavy atom. The van der Waals surface area contributed by atoms with Gasteiger partial charge in [-0.1, -0.05) is 25.1 Å². The number of guanidine groups is 1. The number of aliphatic imine (C=N–C) groups is 1. The lowest BCUT2D eigenvalue weighted by molar-refractivity contribution is 0.270. The van der Waals surface area contributed by atoms with E-state index in [1.807, 2.05) is 6.20 Å². The van der Waals surface area contributed by atoms with Crippen LogP contribution in [0.4, 0.5) is 11.5 Å². The molecule has 154 valence electrons. The summed E-state index contributed by atoms with van der Waals surface area (Å²) in [6, 6.07) is 10.6. The number of hydrogen-bond donors (Lipinski definition) is 2. The molecule has 2 heterocycles. The normalized spacial score (nSPS) is 17.8. The number of aryl methyl sites for hydroxylation is 1. The third-order valence-corrected chi connectivity index (χ3v) is 6.04. The summed E-state index contributed by atoms with van der Waals surface area (Å²) in [5.41, 5.74) is 11.2. The molecule has 6 heteroatoms. The minimum atomic E-state index is 0.462. The number of benzene rings is 1. The molecule has 1 saturated heterocycles. The quantitative estimate of drug-likeness (QED) is 0.605. The van der Waals surface area contributed by atoms with Crippen LogP contribution >= 0.6 is 0 Å². The van der Waals surface area contributed by atoms with Gasteiger partial charge in [0.1, 0.15) is 5.82 Å². The molecule has 0 atom stereocenters. The molecule has 1 aromatic carbocycles. The standard InChI is InChI=1S/C23H32N6/c1-2-28-12-14-29(15-13-28)22-11-10-18(16-25-22)17-26-23(24)27-21-9-5-7-19-6-3-4-8-20(19)21/h5,7,9-11,16H,2-4,6,8,12-15,17H2,1H3,(H3,24,26,27). The fourth-order valence-corrected chi connectivity index (χ4v) is 4.24. The lowest BCUT2D eigenvalue weighted by atomic mass is 9.90. The van der Waals surface area contributed by atoms with E-state index in [2.05, 4.69) is 62.3 Å². The summed E-state index contributed by atoms with van der Waals surface area (Å²) < 4.78 is 0. The van der Waals surface area contributed by atoms with E-state index in [9.17, 15) is 0 Å². The number of nitrogens with one attached hydrogen (secondary N) is 1. The zero-order chi connectivity index (χ0) is 20.1. The minimum absolute atomic E-state index is 0.462. The van der Waals surface area contributed by atoms with Gasteiger partial charge in [0.05, 0.1) is 6.54 Å². The topological polar surface area (TPSA) is 69.8 Å². The zero-order valence-electron chi connectivity index (χ0n) is 17.4. The van der Waals surface area contributed by atoms with Crippen LogP contribution in [0.5, 0.6) is 0 Å². The Kier molecular flexibility index (Phi) is 6.30. The number of anilines is 2. The van der Waals surface area contributed by atoms with Crippen molar-refractivity contribution in [3.63, 3.8) is 0 Å². The highest BCUT2D eigenvalue weighted by Crippen LogP contribution is 2.27. The third-order valence-electron chi connectivity index (χ3n) is 6.04. The molecular weight excluding hydrogens is 360 g/mol. The maximum atomic E-state index is 6.17. The number of nitrogens with two attached hydrogens (primary N) is 1. The van der Waals surface area contributed by atoms with Gasteiger partial charge in [0, 0.05) is 38.1 Å². The van der Waals surface area contributed by atoms with E-state index in [1.54, 1.807) is 0 Å². The maximum Gasteiger partial charge on any atom is 0.193 e. The molecule has 2 aliphatic rings. The van der Waals surface area contributed by atoms with Gasteiger partial charge in [0.25, 0.3) is 0 Å². The summed E-state index contributed by atoms with van der Waals surface area (Å²) in [5.74, 6) is 1.51. The lowest BCUT2D eigenvalue weighted by Gasteiger charge is -2.34. The third kappa shape index (κ3) is 4.88. The van der Waals surface area contributed by atoms with Crippen LogP contribution in [0.3, 0.4) is 0 Å². The average Bonchev–Trinajstić information content (AvgIpc) is 2.78. The van der Waals surface area contributed by atoms with Gasteiger partial charge in [-0.15, -0.1) is 0 Å². The molecule has 1 aromatic heterocycles. The van der Waals surface area contributed by atoms with Crippen molar-refractivity contribution in [2.75, 3.05) is 42.9 Å². The van der Waals surface area contributed by atoms with E-state index >= 15 is 0 Å². The number of aromatic nitrogens is 1. The number of hydrogen-bond acceptors (Lipinski definition) is 4. The van der Waals surface area contributed by atoms with Crippen molar-refractivity contribution in [1.29, 1.82) is 0 Å². The van der Waals surface area contributed by atoms with Crippen molar-refractivity contribution < 1.29 is 0 Å².